The lowest BCUT2D eigenvalue weighted by molar-refractivity contribution is 0.0948. The fourth-order valence-corrected chi connectivity index (χ4v) is 5.35. The zero-order chi connectivity index (χ0) is 22.8. The summed E-state index contributed by atoms with van der Waals surface area (Å²) in [6, 6.07) is 13.1. The number of fused-ring (bicyclic) bond motifs is 1. The third-order valence-corrected chi connectivity index (χ3v) is 7.12. The van der Waals surface area contributed by atoms with Crippen molar-refractivity contribution in [1.29, 1.82) is 0 Å². The average molecular weight is 454 g/mol. The Labute approximate surface area is 194 Å². The van der Waals surface area contributed by atoms with Crippen molar-refractivity contribution in [2.45, 2.75) is 13.5 Å². The molecule has 2 aliphatic heterocycles. The van der Waals surface area contributed by atoms with Gasteiger partial charge in [-0.25, -0.2) is 4.39 Å². The lowest BCUT2D eigenvalue weighted by Crippen LogP contribution is -2.36. The summed E-state index contributed by atoms with van der Waals surface area (Å²) >= 11 is 0. The first-order chi connectivity index (χ1) is 16.1. The van der Waals surface area contributed by atoms with E-state index in [0.717, 1.165) is 25.4 Å². The maximum atomic E-state index is 14.6. The molecule has 2 aromatic rings. The number of nitrogens with zero attached hydrogens (tertiary/aromatic N) is 2. The molecule has 3 aliphatic rings. The molecule has 2 aromatic carbocycles. The van der Waals surface area contributed by atoms with Crippen molar-refractivity contribution >= 4 is 11.6 Å². The number of nitrogens with one attached hydrogen (secondary N) is 1. The molecule has 0 aromatic heterocycles. The van der Waals surface area contributed by atoms with E-state index in [1.807, 2.05) is 24.0 Å². The van der Waals surface area contributed by atoms with Crippen LogP contribution in [0.1, 0.15) is 22.8 Å². The van der Waals surface area contributed by atoms with Crippen molar-refractivity contribution in [1.82, 2.24) is 10.2 Å². The van der Waals surface area contributed by atoms with Gasteiger partial charge in [0.05, 0.1) is 25.5 Å². The number of carbonyl (C=O) groups excluding carboxylic acids is 1. The molecule has 2 unspecified atom stereocenters. The van der Waals surface area contributed by atoms with E-state index >= 15 is 0 Å². The number of ether oxygens (including phenoxy) is 2. The van der Waals surface area contributed by atoms with E-state index in [4.69, 9.17) is 9.47 Å². The summed E-state index contributed by atoms with van der Waals surface area (Å²) in [5.74, 6) is 2.18. The van der Waals surface area contributed by atoms with Crippen molar-refractivity contribution in [3.63, 3.8) is 0 Å². The van der Waals surface area contributed by atoms with E-state index in [1.54, 1.807) is 12.1 Å². The number of hydrogen-bond donors (Lipinski definition) is 1. The molecule has 0 bridgehead atoms. The number of morpholine rings is 1. The molecule has 2 saturated heterocycles. The molecular weight excluding hydrogens is 421 g/mol. The van der Waals surface area contributed by atoms with E-state index in [9.17, 15) is 9.18 Å². The zero-order valence-corrected chi connectivity index (χ0v) is 19.1. The van der Waals surface area contributed by atoms with Gasteiger partial charge in [-0.05, 0) is 60.6 Å². The number of carbonyl (C=O) groups is 1. The van der Waals surface area contributed by atoms with Gasteiger partial charge in [0.15, 0.2) is 0 Å². The molecule has 0 spiro atoms. The van der Waals surface area contributed by atoms with Crippen molar-refractivity contribution < 1.29 is 18.7 Å². The Kier molecular flexibility index (Phi) is 6.51. The summed E-state index contributed by atoms with van der Waals surface area (Å²) in [4.78, 5) is 17.0. The number of likely N-dealkylation sites (tertiary alicyclic amines) is 1. The van der Waals surface area contributed by atoms with Gasteiger partial charge < -0.3 is 19.7 Å². The van der Waals surface area contributed by atoms with Crippen molar-refractivity contribution in [2.75, 3.05) is 57.4 Å². The molecule has 2 heterocycles. The lowest BCUT2D eigenvalue weighted by Gasteiger charge is -2.29. The monoisotopic (exact) mass is 453 g/mol. The second-order valence-corrected chi connectivity index (χ2v) is 9.24. The first-order valence-electron chi connectivity index (χ1n) is 12.0. The van der Waals surface area contributed by atoms with Crippen LogP contribution in [0.3, 0.4) is 0 Å². The summed E-state index contributed by atoms with van der Waals surface area (Å²) in [6.07, 6.45) is 0. The number of halogens is 1. The second kappa shape index (κ2) is 9.69. The highest BCUT2D eigenvalue weighted by Gasteiger charge is 2.55. The first-order valence-corrected chi connectivity index (χ1v) is 12.0. The third-order valence-electron chi connectivity index (χ3n) is 7.12. The molecule has 2 atom stereocenters. The summed E-state index contributed by atoms with van der Waals surface area (Å²) < 4.78 is 25.5. The second-order valence-electron chi connectivity index (χ2n) is 9.24. The maximum Gasteiger partial charge on any atom is 0.251 e. The minimum Gasteiger partial charge on any atom is -0.494 e. The number of anilines is 1. The third kappa shape index (κ3) is 4.99. The minimum absolute atomic E-state index is 0.197. The van der Waals surface area contributed by atoms with Gasteiger partial charge in [-0.2, -0.15) is 0 Å². The van der Waals surface area contributed by atoms with Gasteiger partial charge in [0.1, 0.15) is 11.6 Å². The van der Waals surface area contributed by atoms with E-state index in [2.05, 4.69) is 22.3 Å². The summed E-state index contributed by atoms with van der Waals surface area (Å²) in [7, 11) is 0. The van der Waals surface area contributed by atoms with E-state index < -0.39 is 0 Å². The van der Waals surface area contributed by atoms with Crippen LogP contribution < -0.4 is 15.0 Å². The highest BCUT2D eigenvalue weighted by atomic mass is 19.1. The molecule has 1 saturated carbocycles. The highest BCUT2D eigenvalue weighted by Crippen LogP contribution is 2.51. The summed E-state index contributed by atoms with van der Waals surface area (Å²) in [5, 5.41) is 3.03. The molecule has 176 valence electrons. The average Bonchev–Trinajstić information content (AvgIpc) is 3.28. The lowest BCUT2D eigenvalue weighted by atomic mass is 10.1. The molecule has 1 amide bonds. The topological polar surface area (TPSA) is 54.0 Å². The fourth-order valence-electron chi connectivity index (χ4n) is 5.35. The van der Waals surface area contributed by atoms with Crippen LogP contribution in [-0.2, 0) is 11.3 Å². The van der Waals surface area contributed by atoms with Gasteiger partial charge in [-0.3, -0.25) is 9.69 Å². The quantitative estimate of drug-likeness (QED) is 0.666. The Balaban J connectivity index is 1.08. The van der Waals surface area contributed by atoms with E-state index in [-0.39, 0.29) is 11.7 Å². The van der Waals surface area contributed by atoms with Crippen LogP contribution in [0.4, 0.5) is 10.1 Å². The van der Waals surface area contributed by atoms with Crippen molar-refractivity contribution in [2.24, 2.45) is 17.8 Å². The van der Waals surface area contributed by atoms with Gasteiger partial charge in [-0.1, -0.05) is 12.1 Å². The minimum atomic E-state index is -0.350. The van der Waals surface area contributed by atoms with Gasteiger partial charge in [0, 0.05) is 44.8 Å². The number of hydrogen-bond acceptors (Lipinski definition) is 5. The molecule has 6 nitrogen and oxygen atoms in total. The van der Waals surface area contributed by atoms with E-state index in [1.165, 1.54) is 11.6 Å². The van der Waals surface area contributed by atoms with Crippen LogP contribution in [0, 0.1) is 23.6 Å². The smallest absolute Gasteiger partial charge is 0.251 e. The normalized spacial score (nSPS) is 24.4. The molecule has 1 aliphatic carbocycles. The van der Waals surface area contributed by atoms with Gasteiger partial charge in [0.2, 0.25) is 0 Å². The Morgan fingerprint density at radius 2 is 1.94 bits per heavy atom. The van der Waals surface area contributed by atoms with Crippen LogP contribution in [0.15, 0.2) is 42.5 Å². The molecule has 5 rings (SSSR count). The van der Waals surface area contributed by atoms with Crippen LogP contribution in [0.5, 0.6) is 5.75 Å². The number of rotatable bonds is 8. The molecule has 1 N–H and O–H groups in total. The van der Waals surface area contributed by atoms with Crippen LogP contribution in [0.25, 0.3) is 0 Å². The first kappa shape index (κ1) is 22.2. The number of benzene rings is 2. The Bertz CT molecular complexity index is 982. The Morgan fingerprint density at radius 3 is 2.67 bits per heavy atom. The Hall–Kier alpha value is -2.64. The van der Waals surface area contributed by atoms with Crippen molar-refractivity contribution in [3.8, 4) is 5.75 Å². The van der Waals surface area contributed by atoms with Gasteiger partial charge >= 0.3 is 0 Å². The fraction of sp³-hybridized carbons (Fsp3) is 0.500. The molecular formula is C26H32FN3O3. The largest absolute Gasteiger partial charge is 0.494 e. The maximum absolute atomic E-state index is 14.6. The predicted molar refractivity (Wildman–Crippen MR) is 125 cm³/mol. The predicted octanol–water partition coefficient (Wildman–Crippen LogP) is 3.17. The molecule has 33 heavy (non-hydrogen) atoms. The van der Waals surface area contributed by atoms with Crippen LogP contribution in [0.2, 0.25) is 0 Å². The molecule has 7 heteroatoms. The molecule has 0 radical (unpaired) electrons. The Morgan fingerprint density at radius 1 is 1.15 bits per heavy atom. The van der Waals surface area contributed by atoms with Crippen molar-refractivity contribution in [3.05, 3.63) is 59.4 Å². The van der Waals surface area contributed by atoms with E-state index in [0.29, 0.717) is 68.5 Å². The highest BCUT2D eigenvalue weighted by molar-refractivity contribution is 5.94. The summed E-state index contributed by atoms with van der Waals surface area (Å²) in [6.45, 7) is 8.93. The zero-order valence-electron chi connectivity index (χ0n) is 19.1. The van der Waals surface area contributed by atoms with Gasteiger partial charge in [-0.15, -0.1) is 0 Å². The number of piperidine rings is 1. The van der Waals surface area contributed by atoms with Crippen LogP contribution >= 0.6 is 0 Å². The molecule has 3 fully saturated rings. The van der Waals surface area contributed by atoms with Crippen LogP contribution in [-0.4, -0.2) is 63.4 Å². The van der Waals surface area contributed by atoms with Gasteiger partial charge in [0.25, 0.3) is 5.91 Å². The SMILES string of the molecule is CCOc1cccc(CN2CC3C(CNC(=O)c4ccc(N5CCOCC5)c(F)c4)C3C2)c1. The summed E-state index contributed by atoms with van der Waals surface area (Å²) in [5.41, 5.74) is 2.19. The number of amides is 1. The standard InChI is InChI=1S/C26H32FN3O3/c1-2-33-20-5-3-4-18(12-20)15-29-16-22-21(23(22)17-29)14-28-26(31)19-6-7-25(24(27)13-19)30-8-10-32-11-9-30/h3-7,12-13,21-23H,2,8-11,14-17H2,1H3,(H,28,31).